The lowest BCUT2D eigenvalue weighted by Crippen LogP contribution is -3.11. The van der Waals surface area contributed by atoms with Crippen molar-refractivity contribution in [3.8, 4) is 0 Å². The Morgan fingerprint density at radius 2 is 1.54 bits per heavy atom. The number of ether oxygens (including phenoxy) is 1. The first kappa shape index (κ1) is 21.1. The molecule has 0 aliphatic carbocycles. The van der Waals surface area contributed by atoms with Crippen LogP contribution in [0.5, 0.6) is 0 Å². The summed E-state index contributed by atoms with van der Waals surface area (Å²) in [7, 11) is 3.12. The highest BCUT2D eigenvalue weighted by atomic mass is 16.5. The number of carbonyl (C=O) groups is 3. The number of amides is 2. The van der Waals surface area contributed by atoms with E-state index in [9.17, 15) is 14.4 Å². The number of quaternary nitrogens is 1. The van der Waals surface area contributed by atoms with E-state index in [2.05, 4.69) is 15.4 Å². The molecule has 0 aromatic heterocycles. The van der Waals surface area contributed by atoms with E-state index in [1.165, 1.54) is 7.11 Å². The highest BCUT2D eigenvalue weighted by Crippen LogP contribution is 2.08. The second-order valence-corrected chi connectivity index (χ2v) is 6.69. The molecule has 0 bridgehead atoms. The highest BCUT2D eigenvalue weighted by Gasteiger charge is 2.14. The zero-order valence-electron chi connectivity index (χ0n) is 16.4. The summed E-state index contributed by atoms with van der Waals surface area (Å²) in [6.07, 6.45) is 0. The second kappa shape index (κ2) is 10.2. The fourth-order valence-corrected chi connectivity index (χ4v) is 2.59. The quantitative estimate of drug-likeness (QED) is 0.580. The van der Waals surface area contributed by atoms with Crippen LogP contribution in [0.15, 0.2) is 48.5 Å². The van der Waals surface area contributed by atoms with Gasteiger partial charge in [-0.3, -0.25) is 9.59 Å². The molecule has 2 aromatic rings. The Morgan fingerprint density at radius 3 is 2.14 bits per heavy atom. The number of aryl methyl sites for hydroxylation is 1. The van der Waals surface area contributed by atoms with E-state index in [4.69, 9.17) is 0 Å². The molecule has 0 radical (unpaired) electrons. The van der Waals surface area contributed by atoms with Gasteiger partial charge in [-0.25, -0.2) is 4.79 Å². The third-order valence-corrected chi connectivity index (χ3v) is 4.12. The number of likely N-dealkylation sites (N-methyl/N-ethyl adjacent to an activating group) is 1. The minimum atomic E-state index is -0.398. The van der Waals surface area contributed by atoms with Crippen LogP contribution in [0.2, 0.25) is 0 Å². The van der Waals surface area contributed by atoms with Gasteiger partial charge >= 0.3 is 5.97 Å². The van der Waals surface area contributed by atoms with Crippen LogP contribution in [0, 0.1) is 6.92 Å². The summed E-state index contributed by atoms with van der Waals surface area (Å²) < 4.78 is 4.65. The topological polar surface area (TPSA) is 88.9 Å². The molecule has 0 aliphatic rings. The number of carbonyl (C=O) groups excluding carboxylic acids is 3. The van der Waals surface area contributed by atoms with Crippen LogP contribution in [0.25, 0.3) is 0 Å². The second-order valence-electron chi connectivity index (χ2n) is 6.69. The van der Waals surface area contributed by atoms with Gasteiger partial charge in [-0.1, -0.05) is 29.8 Å². The molecule has 0 heterocycles. The SMILES string of the molecule is COC(=O)c1ccc(CNC(=O)C[NH+](C)CC(=O)Nc2ccc(C)cc2)cc1. The molecular formula is C21H26N3O4+. The minimum Gasteiger partial charge on any atom is -0.465 e. The summed E-state index contributed by atoms with van der Waals surface area (Å²) in [6, 6.07) is 14.4. The van der Waals surface area contributed by atoms with Crippen molar-refractivity contribution in [1.82, 2.24) is 5.32 Å². The lowest BCUT2D eigenvalue weighted by Gasteiger charge is -2.14. The Balaban J connectivity index is 1.73. The van der Waals surface area contributed by atoms with Crippen LogP contribution in [-0.2, 0) is 20.9 Å². The third-order valence-electron chi connectivity index (χ3n) is 4.12. The van der Waals surface area contributed by atoms with Crippen molar-refractivity contribution in [3.63, 3.8) is 0 Å². The minimum absolute atomic E-state index is 0.146. The van der Waals surface area contributed by atoms with E-state index in [1.54, 1.807) is 31.3 Å². The third kappa shape index (κ3) is 6.85. The summed E-state index contributed by atoms with van der Waals surface area (Å²) in [5.41, 5.74) is 3.19. The van der Waals surface area contributed by atoms with Crippen LogP contribution < -0.4 is 15.5 Å². The Labute approximate surface area is 164 Å². The van der Waals surface area contributed by atoms with Gasteiger partial charge in [0.15, 0.2) is 13.1 Å². The Hall–Kier alpha value is -3.19. The van der Waals surface area contributed by atoms with Crippen molar-refractivity contribution in [3.05, 3.63) is 65.2 Å². The lowest BCUT2D eigenvalue weighted by molar-refractivity contribution is -0.862. The summed E-state index contributed by atoms with van der Waals surface area (Å²) >= 11 is 0. The Morgan fingerprint density at radius 1 is 0.929 bits per heavy atom. The predicted octanol–water partition coefficient (Wildman–Crippen LogP) is 0.551. The number of nitrogens with one attached hydrogen (secondary N) is 3. The van der Waals surface area contributed by atoms with E-state index >= 15 is 0 Å². The van der Waals surface area contributed by atoms with Crippen molar-refractivity contribution in [2.45, 2.75) is 13.5 Å². The molecule has 0 spiro atoms. The molecule has 0 fully saturated rings. The summed E-state index contributed by atoms with van der Waals surface area (Å²) in [6.45, 7) is 2.70. The Kier molecular flexibility index (Phi) is 7.71. The lowest BCUT2D eigenvalue weighted by atomic mass is 10.1. The van der Waals surface area contributed by atoms with E-state index < -0.39 is 5.97 Å². The normalized spacial score (nSPS) is 11.4. The van der Waals surface area contributed by atoms with E-state index in [-0.39, 0.29) is 24.9 Å². The van der Waals surface area contributed by atoms with Crippen molar-refractivity contribution in [2.75, 3.05) is 32.6 Å². The molecule has 28 heavy (non-hydrogen) atoms. The number of hydrogen-bond donors (Lipinski definition) is 3. The molecule has 7 heteroatoms. The van der Waals surface area contributed by atoms with Crippen LogP contribution in [0.1, 0.15) is 21.5 Å². The van der Waals surface area contributed by atoms with E-state index in [0.717, 1.165) is 21.7 Å². The molecular weight excluding hydrogens is 358 g/mol. The number of anilines is 1. The van der Waals surface area contributed by atoms with E-state index in [0.29, 0.717) is 12.1 Å². The smallest absolute Gasteiger partial charge is 0.337 e. The van der Waals surface area contributed by atoms with Crippen molar-refractivity contribution >= 4 is 23.5 Å². The first-order valence-corrected chi connectivity index (χ1v) is 8.99. The van der Waals surface area contributed by atoms with Crippen molar-refractivity contribution in [2.24, 2.45) is 0 Å². The summed E-state index contributed by atoms with van der Waals surface area (Å²) in [4.78, 5) is 36.4. The first-order valence-electron chi connectivity index (χ1n) is 8.99. The predicted molar refractivity (Wildman–Crippen MR) is 106 cm³/mol. The van der Waals surface area contributed by atoms with Gasteiger partial charge in [0, 0.05) is 12.2 Å². The molecule has 3 N–H and O–H groups in total. The van der Waals surface area contributed by atoms with Crippen molar-refractivity contribution < 1.29 is 24.0 Å². The zero-order valence-corrected chi connectivity index (χ0v) is 16.4. The number of benzene rings is 2. The maximum atomic E-state index is 12.1. The number of hydrogen-bond acceptors (Lipinski definition) is 4. The van der Waals surface area contributed by atoms with Gasteiger partial charge in [-0.15, -0.1) is 0 Å². The van der Waals surface area contributed by atoms with Crippen LogP contribution >= 0.6 is 0 Å². The Bertz CT molecular complexity index is 817. The largest absolute Gasteiger partial charge is 0.465 e. The first-order chi connectivity index (χ1) is 13.4. The van der Waals surface area contributed by atoms with Crippen LogP contribution in [0.4, 0.5) is 5.69 Å². The monoisotopic (exact) mass is 384 g/mol. The fourth-order valence-electron chi connectivity index (χ4n) is 2.59. The van der Waals surface area contributed by atoms with E-state index in [1.807, 2.05) is 31.2 Å². The molecule has 2 aromatic carbocycles. The molecule has 7 nitrogen and oxygen atoms in total. The summed E-state index contributed by atoms with van der Waals surface area (Å²) in [5.74, 6) is -0.699. The number of methoxy groups -OCH3 is 1. The number of rotatable bonds is 8. The molecule has 1 atom stereocenters. The maximum Gasteiger partial charge on any atom is 0.337 e. The zero-order chi connectivity index (χ0) is 20.5. The van der Waals surface area contributed by atoms with Crippen LogP contribution in [-0.4, -0.2) is 45.0 Å². The number of esters is 1. The van der Waals surface area contributed by atoms with Gasteiger partial charge < -0.3 is 20.3 Å². The maximum absolute atomic E-state index is 12.1. The molecule has 148 valence electrons. The summed E-state index contributed by atoms with van der Waals surface area (Å²) in [5, 5.41) is 5.64. The van der Waals surface area contributed by atoms with Crippen LogP contribution in [0.3, 0.4) is 0 Å². The standard InChI is InChI=1S/C21H25N3O4/c1-15-4-10-18(11-5-15)23-20(26)14-24(2)13-19(25)22-12-16-6-8-17(9-7-16)21(27)28-3/h4-11H,12-14H2,1-3H3,(H,22,25)(H,23,26)/p+1. The van der Waals surface area contributed by atoms with Gasteiger partial charge in [0.25, 0.3) is 11.8 Å². The van der Waals surface area contributed by atoms with Gasteiger partial charge in [0.1, 0.15) is 0 Å². The van der Waals surface area contributed by atoms with Gasteiger partial charge in [0.05, 0.1) is 19.7 Å². The van der Waals surface area contributed by atoms with Gasteiger partial charge in [-0.2, -0.15) is 0 Å². The van der Waals surface area contributed by atoms with Gasteiger partial charge in [-0.05, 0) is 36.8 Å². The molecule has 0 saturated heterocycles. The highest BCUT2D eigenvalue weighted by molar-refractivity contribution is 5.91. The average Bonchev–Trinajstić information content (AvgIpc) is 2.67. The average molecular weight is 384 g/mol. The van der Waals surface area contributed by atoms with Crippen molar-refractivity contribution in [1.29, 1.82) is 0 Å². The fraction of sp³-hybridized carbons (Fsp3) is 0.286. The molecule has 1 unspecified atom stereocenters. The molecule has 2 rings (SSSR count). The van der Waals surface area contributed by atoms with Gasteiger partial charge in [0.2, 0.25) is 0 Å². The molecule has 0 aliphatic heterocycles. The molecule has 2 amide bonds. The molecule has 0 saturated carbocycles.